The van der Waals surface area contributed by atoms with Crippen LogP contribution in [0.4, 0.5) is 11.4 Å². The topological polar surface area (TPSA) is 62.6 Å². The lowest BCUT2D eigenvalue weighted by molar-refractivity contribution is -0.862. The van der Waals surface area contributed by atoms with Gasteiger partial charge in [-0.2, -0.15) is 0 Å². The van der Waals surface area contributed by atoms with Crippen molar-refractivity contribution in [3.05, 3.63) is 59.2 Å². The Bertz CT molecular complexity index is 848. The molecule has 0 aliphatic carbocycles. The molecule has 5 nitrogen and oxygen atoms in total. The third kappa shape index (κ3) is 6.42. The molecule has 2 amide bonds. The monoisotopic (exact) mass is 410 g/mol. The molecule has 5 heteroatoms. The molecule has 0 aliphatic rings. The van der Waals surface area contributed by atoms with E-state index < -0.39 is 0 Å². The summed E-state index contributed by atoms with van der Waals surface area (Å²) in [5.41, 5.74) is 5.14. The van der Waals surface area contributed by atoms with Gasteiger partial charge >= 0.3 is 0 Å². The van der Waals surface area contributed by atoms with Crippen LogP contribution in [-0.4, -0.2) is 32.0 Å². The van der Waals surface area contributed by atoms with Gasteiger partial charge in [0.1, 0.15) is 0 Å². The van der Waals surface area contributed by atoms with Crippen molar-refractivity contribution in [1.29, 1.82) is 0 Å². The van der Waals surface area contributed by atoms with E-state index in [0.717, 1.165) is 39.4 Å². The average molecular weight is 411 g/mol. The Morgan fingerprint density at radius 2 is 1.37 bits per heavy atom. The number of carbonyl (C=O) groups excluding carboxylic acids is 2. The SMILES string of the molecule is CCc1ccccc1NC(=O)C[NH+](C)CC(=O)Nc1c(C(C)C)cccc1C(C)C. The number of rotatable bonds is 9. The van der Waals surface area contributed by atoms with Gasteiger partial charge in [0.2, 0.25) is 0 Å². The fourth-order valence-electron chi connectivity index (χ4n) is 3.63. The first-order chi connectivity index (χ1) is 14.2. The van der Waals surface area contributed by atoms with Gasteiger partial charge in [0.25, 0.3) is 11.8 Å². The Labute approximate surface area is 180 Å². The number of amides is 2. The van der Waals surface area contributed by atoms with E-state index >= 15 is 0 Å². The van der Waals surface area contributed by atoms with Gasteiger partial charge < -0.3 is 15.5 Å². The summed E-state index contributed by atoms with van der Waals surface area (Å²) in [7, 11) is 1.86. The van der Waals surface area contributed by atoms with Crippen molar-refractivity contribution < 1.29 is 14.5 Å². The van der Waals surface area contributed by atoms with Crippen LogP contribution in [-0.2, 0) is 16.0 Å². The van der Waals surface area contributed by atoms with E-state index in [-0.39, 0.29) is 24.9 Å². The average Bonchev–Trinajstić information content (AvgIpc) is 2.67. The standard InChI is InChI=1S/C25H35N3O2/c1-7-19-11-8-9-14-22(19)26-23(29)15-28(6)16-24(30)27-25-20(17(2)3)12-10-13-21(25)18(4)5/h8-14,17-18H,7,15-16H2,1-6H3,(H,26,29)(H,27,30)/p+1. The zero-order chi connectivity index (χ0) is 22.3. The maximum atomic E-state index is 12.7. The first-order valence-electron chi connectivity index (χ1n) is 10.8. The molecule has 2 rings (SSSR count). The van der Waals surface area contributed by atoms with E-state index in [2.05, 4.69) is 63.5 Å². The first-order valence-corrected chi connectivity index (χ1v) is 10.8. The smallest absolute Gasteiger partial charge is 0.279 e. The van der Waals surface area contributed by atoms with Crippen molar-refractivity contribution in [2.75, 3.05) is 30.8 Å². The number of para-hydroxylation sites is 2. The zero-order valence-electron chi connectivity index (χ0n) is 19.1. The molecule has 0 fully saturated rings. The van der Waals surface area contributed by atoms with E-state index in [9.17, 15) is 9.59 Å². The fourth-order valence-corrected chi connectivity index (χ4v) is 3.63. The van der Waals surface area contributed by atoms with Gasteiger partial charge in [0, 0.05) is 11.4 Å². The number of hydrogen-bond donors (Lipinski definition) is 3. The molecule has 0 saturated carbocycles. The molecule has 0 aliphatic heterocycles. The molecular weight excluding hydrogens is 374 g/mol. The fraction of sp³-hybridized carbons (Fsp3) is 0.440. The second kappa shape index (κ2) is 10.9. The van der Waals surface area contributed by atoms with Crippen LogP contribution >= 0.6 is 0 Å². The number of nitrogens with one attached hydrogen (secondary N) is 3. The predicted octanol–water partition coefficient (Wildman–Crippen LogP) is 3.59. The highest BCUT2D eigenvalue weighted by atomic mass is 16.2. The molecule has 0 radical (unpaired) electrons. The quantitative estimate of drug-likeness (QED) is 0.592. The number of hydrogen-bond acceptors (Lipinski definition) is 2. The summed E-state index contributed by atoms with van der Waals surface area (Å²) in [5.74, 6) is 0.456. The minimum absolute atomic E-state index is 0.0794. The van der Waals surface area contributed by atoms with Crippen LogP contribution in [0.5, 0.6) is 0 Å². The lowest BCUT2D eigenvalue weighted by Crippen LogP contribution is -3.11. The van der Waals surface area contributed by atoms with Crippen molar-refractivity contribution in [3.8, 4) is 0 Å². The van der Waals surface area contributed by atoms with Gasteiger partial charge in [0.15, 0.2) is 13.1 Å². The molecule has 2 aromatic carbocycles. The molecule has 2 aromatic rings. The molecular formula is C25H36N3O2+. The number of likely N-dealkylation sites (N-methyl/N-ethyl adjacent to an activating group) is 1. The number of anilines is 2. The van der Waals surface area contributed by atoms with E-state index in [1.807, 2.05) is 31.3 Å². The molecule has 0 spiro atoms. The van der Waals surface area contributed by atoms with E-state index in [1.165, 1.54) is 0 Å². The van der Waals surface area contributed by atoms with E-state index in [4.69, 9.17) is 0 Å². The molecule has 3 N–H and O–H groups in total. The highest BCUT2D eigenvalue weighted by Gasteiger charge is 2.19. The Kier molecular flexibility index (Phi) is 8.60. The highest BCUT2D eigenvalue weighted by molar-refractivity contribution is 5.94. The van der Waals surface area contributed by atoms with Gasteiger partial charge in [0.05, 0.1) is 7.05 Å². The van der Waals surface area contributed by atoms with Crippen molar-refractivity contribution in [3.63, 3.8) is 0 Å². The molecule has 162 valence electrons. The third-order valence-corrected chi connectivity index (χ3v) is 5.23. The minimum atomic E-state index is -0.0911. The van der Waals surface area contributed by atoms with Crippen LogP contribution < -0.4 is 15.5 Å². The second-order valence-corrected chi connectivity index (χ2v) is 8.54. The van der Waals surface area contributed by atoms with Gasteiger partial charge in [-0.1, -0.05) is 71.0 Å². The molecule has 0 saturated heterocycles. The molecule has 1 unspecified atom stereocenters. The second-order valence-electron chi connectivity index (χ2n) is 8.54. The van der Waals surface area contributed by atoms with Gasteiger partial charge in [-0.25, -0.2) is 0 Å². The van der Waals surface area contributed by atoms with Crippen LogP contribution in [0.25, 0.3) is 0 Å². The number of aryl methyl sites for hydroxylation is 1. The normalized spacial score (nSPS) is 12.1. The van der Waals surface area contributed by atoms with Crippen LogP contribution in [0.15, 0.2) is 42.5 Å². The Balaban J connectivity index is 2.01. The summed E-state index contributed by atoms with van der Waals surface area (Å²) in [6.45, 7) is 11.0. The predicted molar refractivity (Wildman–Crippen MR) is 124 cm³/mol. The lowest BCUT2D eigenvalue weighted by Gasteiger charge is -2.21. The summed E-state index contributed by atoms with van der Waals surface area (Å²) in [6.07, 6.45) is 0.856. The molecule has 30 heavy (non-hydrogen) atoms. The Morgan fingerprint density at radius 3 is 1.90 bits per heavy atom. The summed E-state index contributed by atoms with van der Waals surface area (Å²) in [6, 6.07) is 14.0. The maximum Gasteiger partial charge on any atom is 0.279 e. The largest absolute Gasteiger partial charge is 0.322 e. The highest BCUT2D eigenvalue weighted by Crippen LogP contribution is 2.32. The molecule has 0 bridgehead atoms. The van der Waals surface area contributed by atoms with Crippen LogP contribution in [0.2, 0.25) is 0 Å². The molecule has 0 aromatic heterocycles. The summed E-state index contributed by atoms with van der Waals surface area (Å²) < 4.78 is 0. The van der Waals surface area contributed by atoms with Gasteiger partial charge in [-0.15, -0.1) is 0 Å². The number of quaternary nitrogens is 1. The van der Waals surface area contributed by atoms with Crippen molar-refractivity contribution in [2.24, 2.45) is 0 Å². The lowest BCUT2D eigenvalue weighted by atomic mass is 9.92. The summed E-state index contributed by atoms with van der Waals surface area (Å²) in [4.78, 5) is 26.0. The first kappa shape index (κ1) is 23.6. The Morgan fingerprint density at radius 1 is 0.833 bits per heavy atom. The van der Waals surface area contributed by atoms with E-state index in [0.29, 0.717) is 11.8 Å². The Hall–Kier alpha value is -2.66. The number of carbonyl (C=O) groups is 2. The van der Waals surface area contributed by atoms with Crippen LogP contribution in [0.3, 0.4) is 0 Å². The zero-order valence-corrected chi connectivity index (χ0v) is 19.1. The minimum Gasteiger partial charge on any atom is -0.322 e. The summed E-state index contributed by atoms with van der Waals surface area (Å²) in [5, 5.41) is 6.09. The van der Waals surface area contributed by atoms with Crippen LogP contribution in [0.1, 0.15) is 63.1 Å². The van der Waals surface area contributed by atoms with Crippen molar-refractivity contribution >= 4 is 23.2 Å². The van der Waals surface area contributed by atoms with Crippen LogP contribution in [0, 0.1) is 0 Å². The van der Waals surface area contributed by atoms with E-state index in [1.54, 1.807) is 0 Å². The van der Waals surface area contributed by atoms with Gasteiger partial charge in [-0.05, 0) is 41.0 Å². The van der Waals surface area contributed by atoms with Gasteiger partial charge in [-0.3, -0.25) is 9.59 Å². The maximum absolute atomic E-state index is 12.7. The van der Waals surface area contributed by atoms with Crippen molar-refractivity contribution in [2.45, 2.75) is 52.9 Å². The summed E-state index contributed by atoms with van der Waals surface area (Å²) >= 11 is 0. The molecule has 0 heterocycles. The third-order valence-electron chi connectivity index (χ3n) is 5.23. The molecule has 1 atom stereocenters. The number of benzene rings is 2. The van der Waals surface area contributed by atoms with Crippen molar-refractivity contribution in [1.82, 2.24) is 0 Å².